The zero-order valence-corrected chi connectivity index (χ0v) is 12.6. The van der Waals surface area contributed by atoms with Gasteiger partial charge in [0.05, 0.1) is 0 Å². The number of benzene rings is 1. The molecule has 1 aromatic carbocycles. The van der Waals surface area contributed by atoms with Crippen LogP contribution in [-0.2, 0) is 9.84 Å². The zero-order chi connectivity index (χ0) is 14.0. The summed E-state index contributed by atoms with van der Waals surface area (Å²) >= 11 is 1.66. The summed E-state index contributed by atoms with van der Waals surface area (Å²) in [7, 11) is -3.12. The number of anilines is 1. The smallest absolute Gasteiger partial charge is 0.169 e. The van der Waals surface area contributed by atoms with Crippen LogP contribution in [0.3, 0.4) is 0 Å². The van der Waals surface area contributed by atoms with Crippen molar-refractivity contribution in [2.24, 2.45) is 0 Å². The molecule has 0 amide bonds. The summed E-state index contributed by atoms with van der Waals surface area (Å²) in [6.45, 7) is 2.57. The van der Waals surface area contributed by atoms with Gasteiger partial charge in [-0.1, -0.05) is 0 Å². The molecule has 6 heteroatoms. The van der Waals surface area contributed by atoms with Crippen molar-refractivity contribution in [2.75, 3.05) is 29.2 Å². The van der Waals surface area contributed by atoms with E-state index >= 15 is 0 Å². The van der Waals surface area contributed by atoms with Gasteiger partial charge in [-0.3, -0.25) is 4.79 Å². The molecule has 104 valence electrons. The summed E-state index contributed by atoms with van der Waals surface area (Å²) in [5, 5.41) is -0.479. The largest absolute Gasteiger partial charge is 0.353 e. The van der Waals surface area contributed by atoms with Gasteiger partial charge in [-0.05, 0) is 30.7 Å². The van der Waals surface area contributed by atoms with Gasteiger partial charge < -0.3 is 4.90 Å². The second-order valence-electron chi connectivity index (χ2n) is 4.71. The Morgan fingerprint density at radius 3 is 2.74 bits per heavy atom. The predicted molar refractivity (Wildman–Crippen MR) is 79.9 cm³/mol. The number of hydrogen-bond donors (Lipinski definition) is 0. The minimum absolute atomic E-state index is 0.479. The highest BCUT2D eigenvalue weighted by atomic mass is 32.2. The van der Waals surface area contributed by atoms with Gasteiger partial charge >= 0.3 is 0 Å². The van der Waals surface area contributed by atoms with Gasteiger partial charge in [0, 0.05) is 35.6 Å². The summed E-state index contributed by atoms with van der Waals surface area (Å²) in [6.07, 6.45) is 2.10. The Balaban J connectivity index is 2.38. The molecule has 0 saturated carbocycles. The second kappa shape index (κ2) is 5.54. The quantitative estimate of drug-likeness (QED) is 0.796. The molecule has 19 heavy (non-hydrogen) atoms. The van der Waals surface area contributed by atoms with Crippen molar-refractivity contribution < 1.29 is 13.2 Å². The monoisotopic (exact) mass is 299 g/mol. The van der Waals surface area contributed by atoms with Gasteiger partial charge in [-0.15, -0.1) is 0 Å². The summed E-state index contributed by atoms with van der Waals surface area (Å²) < 4.78 is 23.7. The minimum atomic E-state index is -3.12. The molecule has 0 bridgehead atoms. The SMILES string of the molecule is Cc1cc(N2CCSCC2S(C)(=O)=O)ccc1C=O. The van der Waals surface area contributed by atoms with E-state index in [1.54, 1.807) is 17.8 Å². The fraction of sp³-hybridized carbons (Fsp3) is 0.462. The number of sulfone groups is 1. The van der Waals surface area contributed by atoms with Gasteiger partial charge in [0.1, 0.15) is 11.7 Å². The molecule has 1 unspecified atom stereocenters. The molecular weight excluding hydrogens is 282 g/mol. The molecule has 0 N–H and O–H groups in total. The van der Waals surface area contributed by atoms with Crippen molar-refractivity contribution in [3.63, 3.8) is 0 Å². The van der Waals surface area contributed by atoms with Crippen LogP contribution in [0.5, 0.6) is 0 Å². The molecule has 1 heterocycles. The molecule has 4 nitrogen and oxygen atoms in total. The van der Waals surface area contributed by atoms with Crippen LogP contribution in [0.4, 0.5) is 5.69 Å². The van der Waals surface area contributed by atoms with Crippen LogP contribution in [-0.4, -0.2) is 44.4 Å². The van der Waals surface area contributed by atoms with E-state index in [-0.39, 0.29) is 0 Å². The number of aldehydes is 1. The number of nitrogens with zero attached hydrogens (tertiary/aromatic N) is 1. The molecule has 0 aliphatic carbocycles. The Bertz CT molecular complexity index is 584. The molecule has 0 spiro atoms. The van der Waals surface area contributed by atoms with Crippen LogP contribution >= 0.6 is 11.8 Å². The van der Waals surface area contributed by atoms with Gasteiger partial charge in [-0.2, -0.15) is 11.8 Å². The fourth-order valence-corrected chi connectivity index (χ4v) is 5.04. The molecule has 1 aliphatic heterocycles. The lowest BCUT2D eigenvalue weighted by Crippen LogP contribution is -2.47. The third-order valence-corrected chi connectivity index (χ3v) is 5.93. The van der Waals surface area contributed by atoms with Gasteiger partial charge in [0.2, 0.25) is 0 Å². The van der Waals surface area contributed by atoms with Crippen molar-refractivity contribution in [3.8, 4) is 0 Å². The highest BCUT2D eigenvalue weighted by Crippen LogP contribution is 2.27. The topological polar surface area (TPSA) is 54.5 Å². The van der Waals surface area contributed by atoms with Crippen LogP contribution in [0, 0.1) is 6.92 Å². The molecule has 1 aliphatic rings. The van der Waals surface area contributed by atoms with E-state index in [0.717, 1.165) is 23.3 Å². The van der Waals surface area contributed by atoms with Crippen LogP contribution in [0.2, 0.25) is 0 Å². The third-order valence-electron chi connectivity index (χ3n) is 3.29. The first-order valence-electron chi connectivity index (χ1n) is 6.02. The molecule has 1 aromatic rings. The lowest BCUT2D eigenvalue weighted by atomic mass is 10.1. The number of thioether (sulfide) groups is 1. The predicted octanol–water partition coefficient (Wildman–Crippen LogP) is 1.73. The summed E-state index contributed by atoms with van der Waals surface area (Å²) in [5.41, 5.74) is 2.39. The van der Waals surface area contributed by atoms with E-state index in [2.05, 4.69) is 0 Å². The minimum Gasteiger partial charge on any atom is -0.353 e. The van der Waals surface area contributed by atoms with Gasteiger partial charge in [0.15, 0.2) is 9.84 Å². The first-order valence-corrected chi connectivity index (χ1v) is 9.13. The first kappa shape index (κ1) is 14.4. The molecule has 2 rings (SSSR count). The molecule has 1 atom stereocenters. The van der Waals surface area contributed by atoms with Crippen LogP contribution in [0.25, 0.3) is 0 Å². The Morgan fingerprint density at radius 2 is 2.16 bits per heavy atom. The summed E-state index contributed by atoms with van der Waals surface area (Å²) in [6, 6.07) is 5.46. The van der Waals surface area contributed by atoms with Crippen LogP contribution in [0.15, 0.2) is 18.2 Å². The molecular formula is C13H17NO3S2. The lowest BCUT2D eigenvalue weighted by molar-refractivity contribution is 0.112. The maximum atomic E-state index is 11.9. The first-order chi connectivity index (χ1) is 8.93. The number of rotatable bonds is 3. The van der Waals surface area contributed by atoms with E-state index < -0.39 is 15.2 Å². The van der Waals surface area contributed by atoms with Crippen molar-refractivity contribution >= 4 is 33.6 Å². The van der Waals surface area contributed by atoms with Gasteiger partial charge in [0.25, 0.3) is 0 Å². The average molecular weight is 299 g/mol. The Morgan fingerprint density at radius 1 is 1.42 bits per heavy atom. The molecule has 0 aromatic heterocycles. The Hall–Kier alpha value is -1.01. The van der Waals surface area contributed by atoms with Gasteiger partial charge in [-0.25, -0.2) is 8.42 Å². The van der Waals surface area contributed by atoms with E-state index in [9.17, 15) is 13.2 Å². The third kappa shape index (κ3) is 3.12. The fourth-order valence-electron chi connectivity index (χ4n) is 2.20. The number of hydrogen-bond acceptors (Lipinski definition) is 5. The number of carbonyl (C=O) groups is 1. The van der Waals surface area contributed by atoms with E-state index in [0.29, 0.717) is 17.9 Å². The van der Waals surface area contributed by atoms with E-state index in [1.165, 1.54) is 6.26 Å². The van der Waals surface area contributed by atoms with E-state index in [4.69, 9.17) is 0 Å². The maximum Gasteiger partial charge on any atom is 0.169 e. The lowest BCUT2D eigenvalue weighted by Gasteiger charge is -2.36. The highest BCUT2D eigenvalue weighted by molar-refractivity contribution is 8.01. The van der Waals surface area contributed by atoms with E-state index in [1.807, 2.05) is 24.0 Å². The van der Waals surface area contributed by atoms with Crippen LogP contribution < -0.4 is 4.90 Å². The standard InChI is InChI=1S/C13H17NO3S2/c1-10-7-12(4-3-11(10)8-15)14-5-6-18-9-13(14)19(2,16)17/h3-4,7-8,13H,5-6,9H2,1-2H3. The number of aryl methyl sites for hydroxylation is 1. The van der Waals surface area contributed by atoms with Crippen LogP contribution in [0.1, 0.15) is 15.9 Å². The summed E-state index contributed by atoms with van der Waals surface area (Å²) in [4.78, 5) is 12.7. The zero-order valence-electron chi connectivity index (χ0n) is 11.0. The molecule has 1 fully saturated rings. The van der Waals surface area contributed by atoms with Crippen molar-refractivity contribution in [1.29, 1.82) is 0 Å². The summed E-state index contributed by atoms with van der Waals surface area (Å²) in [5.74, 6) is 1.51. The van der Waals surface area contributed by atoms with Crippen molar-refractivity contribution in [1.82, 2.24) is 0 Å². The Kier molecular flexibility index (Phi) is 4.20. The molecule has 0 radical (unpaired) electrons. The maximum absolute atomic E-state index is 11.9. The average Bonchev–Trinajstić information content (AvgIpc) is 2.37. The van der Waals surface area contributed by atoms with Crippen molar-refractivity contribution in [2.45, 2.75) is 12.3 Å². The highest BCUT2D eigenvalue weighted by Gasteiger charge is 2.31. The normalized spacial score (nSPS) is 20.3. The number of carbonyl (C=O) groups excluding carboxylic acids is 1. The Labute approximate surface area is 118 Å². The van der Waals surface area contributed by atoms with Crippen molar-refractivity contribution in [3.05, 3.63) is 29.3 Å². The molecule has 1 saturated heterocycles. The second-order valence-corrected chi connectivity index (χ2v) is 8.06.